The Morgan fingerprint density at radius 2 is 1.91 bits per heavy atom. The molecule has 0 spiro atoms. The van der Waals surface area contributed by atoms with Crippen molar-refractivity contribution >= 4 is 8.56 Å². The highest BCUT2D eigenvalue weighted by atomic mass is 28.4. The molecule has 2 rings (SSSR count). The predicted molar refractivity (Wildman–Crippen MR) is 135 cm³/mol. The summed E-state index contributed by atoms with van der Waals surface area (Å²) in [5, 5.41) is 11.7. The second kappa shape index (κ2) is 12.0. The summed E-state index contributed by atoms with van der Waals surface area (Å²) in [6, 6.07) is 9.26. The van der Waals surface area contributed by atoms with Crippen molar-refractivity contribution in [3.63, 3.8) is 0 Å². The molecule has 1 N–H and O–H groups in total. The molecule has 182 valence electrons. The van der Waals surface area contributed by atoms with Gasteiger partial charge in [0.05, 0.1) is 20.3 Å². The molecule has 0 aromatic heterocycles. The number of benzene rings is 1. The minimum atomic E-state index is -2.57. The van der Waals surface area contributed by atoms with Crippen LogP contribution in [0.1, 0.15) is 46.1 Å². The van der Waals surface area contributed by atoms with Gasteiger partial charge in [0.25, 0.3) is 0 Å². The van der Waals surface area contributed by atoms with Gasteiger partial charge in [-0.3, -0.25) is 0 Å². The number of methoxy groups -OCH3 is 1. The highest BCUT2D eigenvalue weighted by Crippen LogP contribution is 2.60. The molecule has 0 heterocycles. The maximum Gasteiger partial charge on any atom is 0.338 e. The van der Waals surface area contributed by atoms with Crippen molar-refractivity contribution in [2.24, 2.45) is 5.41 Å². The van der Waals surface area contributed by atoms with E-state index >= 15 is 0 Å². The van der Waals surface area contributed by atoms with E-state index in [1.807, 2.05) is 38.1 Å². The van der Waals surface area contributed by atoms with E-state index in [-0.39, 0.29) is 12.0 Å². The van der Waals surface area contributed by atoms with Gasteiger partial charge in [-0.05, 0) is 56.5 Å². The molecule has 1 aliphatic carbocycles. The Hall–Kier alpha value is -1.88. The van der Waals surface area contributed by atoms with Crippen LogP contribution in [-0.2, 0) is 20.2 Å². The molecule has 1 fully saturated rings. The Morgan fingerprint density at radius 1 is 1.27 bits per heavy atom. The summed E-state index contributed by atoms with van der Waals surface area (Å²) in [7, 11) is -0.925. The highest BCUT2D eigenvalue weighted by molar-refractivity contribution is 6.67. The molecule has 6 heteroatoms. The van der Waals surface area contributed by atoms with Crippen LogP contribution in [0.15, 0.2) is 49.1 Å². The summed E-state index contributed by atoms with van der Waals surface area (Å²) in [5.74, 6) is 7.08. The molecule has 0 unspecified atom stereocenters. The zero-order chi connectivity index (χ0) is 24.5. The molecule has 5 nitrogen and oxygen atoms in total. The second-order valence-corrected chi connectivity index (χ2v) is 12.6. The van der Waals surface area contributed by atoms with Gasteiger partial charge in [-0.2, -0.15) is 0 Å². The standard InChI is InChI=1S/C27H40O5Si/c1-8-19-31-33(9-2,10-3)32-25(26(6,28)27(17-18-27)22(4)5)12-11-20-30-21-23-13-15-24(29-7)16-14-23/h8,13-16,25,28H,1,4,9-10,17-21H2,2-3,5-7H3/t25-,26-/m0/s1. The fourth-order valence-electron chi connectivity index (χ4n) is 4.18. The van der Waals surface area contributed by atoms with Crippen LogP contribution in [0.2, 0.25) is 12.1 Å². The number of hydrogen-bond donors (Lipinski definition) is 1. The zero-order valence-corrected chi connectivity index (χ0v) is 21.9. The van der Waals surface area contributed by atoms with Gasteiger partial charge in [-0.25, -0.2) is 0 Å². The van der Waals surface area contributed by atoms with E-state index < -0.39 is 20.3 Å². The van der Waals surface area contributed by atoms with E-state index in [2.05, 4.69) is 38.8 Å². The van der Waals surface area contributed by atoms with E-state index in [1.165, 1.54) is 0 Å². The van der Waals surface area contributed by atoms with Gasteiger partial charge >= 0.3 is 8.56 Å². The van der Waals surface area contributed by atoms with Crippen LogP contribution in [0, 0.1) is 17.3 Å². The molecule has 1 aromatic rings. The molecule has 1 aromatic carbocycles. The third-order valence-electron chi connectivity index (χ3n) is 6.76. The van der Waals surface area contributed by atoms with Gasteiger partial charge in [0, 0.05) is 5.41 Å². The fourth-order valence-corrected chi connectivity index (χ4v) is 6.63. The lowest BCUT2D eigenvalue weighted by Gasteiger charge is -2.42. The van der Waals surface area contributed by atoms with Gasteiger partial charge in [-0.1, -0.05) is 56.0 Å². The number of aliphatic hydroxyl groups is 1. The molecular formula is C27H40O5Si. The normalized spacial score (nSPS) is 17.3. The smallest absolute Gasteiger partial charge is 0.338 e. The molecule has 0 saturated heterocycles. The summed E-state index contributed by atoms with van der Waals surface area (Å²) in [4.78, 5) is 0. The van der Waals surface area contributed by atoms with Crippen LogP contribution in [0.5, 0.6) is 5.75 Å². The largest absolute Gasteiger partial charge is 0.497 e. The summed E-state index contributed by atoms with van der Waals surface area (Å²) in [6.45, 7) is 17.0. The quantitative estimate of drug-likeness (QED) is 0.170. The van der Waals surface area contributed by atoms with E-state index in [4.69, 9.17) is 18.3 Å². The molecular weight excluding hydrogens is 432 g/mol. The van der Waals surface area contributed by atoms with Crippen molar-refractivity contribution in [1.82, 2.24) is 0 Å². The van der Waals surface area contributed by atoms with Crippen molar-refractivity contribution in [2.75, 3.05) is 20.3 Å². The van der Waals surface area contributed by atoms with Crippen LogP contribution in [0.3, 0.4) is 0 Å². The molecule has 1 saturated carbocycles. The maximum atomic E-state index is 11.7. The Bertz CT molecular complexity index is 842. The van der Waals surface area contributed by atoms with Crippen molar-refractivity contribution in [1.29, 1.82) is 0 Å². The minimum absolute atomic E-state index is 0.238. The first-order valence-electron chi connectivity index (χ1n) is 11.7. The fraction of sp³-hybridized carbons (Fsp3) is 0.556. The maximum absolute atomic E-state index is 11.7. The summed E-state index contributed by atoms with van der Waals surface area (Å²) in [5.41, 5.74) is 0.446. The Kier molecular flexibility index (Phi) is 9.95. The average molecular weight is 473 g/mol. The van der Waals surface area contributed by atoms with Crippen LogP contribution in [-0.4, -0.2) is 45.7 Å². The third-order valence-corrected chi connectivity index (χ3v) is 10.3. The Balaban J connectivity index is 2.17. The number of rotatable bonds is 14. The lowest BCUT2D eigenvalue weighted by molar-refractivity contribution is -0.0774. The summed E-state index contributed by atoms with van der Waals surface area (Å²) >= 11 is 0. The van der Waals surface area contributed by atoms with Crippen molar-refractivity contribution in [3.8, 4) is 17.6 Å². The lowest BCUT2D eigenvalue weighted by atomic mass is 9.77. The third kappa shape index (κ3) is 6.59. The Morgan fingerprint density at radius 3 is 2.39 bits per heavy atom. The van der Waals surface area contributed by atoms with Gasteiger partial charge in [-0.15, -0.1) is 6.58 Å². The highest BCUT2D eigenvalue weighted by Gasteiger charge is 2.61. The van der Waals surface area contributed by atoms with Crippen molar-refractivity contribution < 1.29 is 23.4 Å². The summed E-state index contributed by atoms with van der Waals surface area (Å²) < 4.78 is 23.7. The average Bonchev–Trinajstić information content (AvgIpc) is 3.64. The zero-order valence-electron chi connectivity index (χ0n) is 20.9. The monoisotopic (exact) mass is 472 g/mol. The molecule has 0 amide bonds. The van der Waals surface area contributed by atoms with E-state index in [1.54, 1.807) is 13.2 Å². The summed E-state index contributed by atoms with van der Waals surface area (Å²) in [6.07, 6.45) is 2.80. The lowest BCUT2D eigenvalue weighted by Crippen LogP contribution is -2.55. The molecule has 0 aliphatic heterocycles. The first-order chi connectivity index (χ1) is 15.7. The van der Waals surface area contributed by atoms with Crippen LogP contribution in [0.25, 0.3) is 0 Å². The van der Waals surface area contributed by atoms with Crippen molar-refractivity contribution in [2.45, 2.75) is 70.9 Å². The van der Waals surface area contributed by atoms with E-state index in [0.717, 1.165) is 41.8 Å². The number of hydrogen-bond acceptors (Lipinski definition) is 5. The Labute approximate surface area is 201 Å². The van der Waals surface area contributed by atoms with Crippen LogP contribution >= 0.6 is 0 Å². The van der Waals surface area contributed by atoms with Gasteiger partial charge in [0.15, 0.2) is 0 Å². The number of ether oxygens (including phenoxy) is 2. The predicted octanol–water partition coefficient (Wildman–Crippen LogP) is 5.39. The molecule has 0 bridgehead atoms. The second-order valence-electron chi connectivity index (χ2n) is 8.89. The minimum Gasteiger partial charge on any atom is -0.497 e. The molecule has 1 aliphatic rings. The molecule has 2 atom stereocenters. The molecule has 0 radical (unpaired) electrons. The van der Waals surface area contributed by atoms with Gasteiger partial charge in [0.1, 0.15) is 24.1 Å². The van der Waals surface area contributed by atoms with E-state index in [9.17, 15) is 5.11 Å². The topological polar surface area (TPSA) is 57.2 Å². The first-order valence-corrected chi connectivity index (χ1v) is 13.9. The van der Waals surface area contributed by atoms with Gasteiger partial charge in [0.2, 0.25) is 0 Å². The van der Waals surface area contributed by atoms with E-state index in [0.29, 0.717) is 13.2 Å². The van der Waals surface area contributed by atoms with Crippen LogP contribution in [0.4, 0.5) is 0 Å². The first kappa shape index (κ1) is 27.4. The van der Waals surface area contributed by atoms with Crippen LogP contribution < -0.4 is 4.74 Å². The van der Waals surface area contributed by atoms with Gasteiger partial charge < -0.3 is 23.4 Å². The SMILES string of the molecule is C=CCO[Si](CC)(CC)O[C@@H](C#CCOCc1ccc(OC)cc1)[C@](C)(O)C1(C(=C)C)CC1. The van der Waals surface area contributed by atoms with Crippen molar-refractivity contribution in [3.05, 3.63) is 54.6 Å². The molecule has 33 heavy (non-hydrogen) atoms.